The maximum atomic E-state index is 11.3. The summed E-state index contributed by atoms with van der Waals surface area (Å²) in [4.78, 5) is 9.17. The van der Waals surface area contributed by atoms with Crippen molar-refractivity contribution in [3.8, 4) is 11.5 Å². The Bertz CT molecular complexity index is 1210. The Morgan fingerprint density at radius 2 is 1.63 bits per heavy atom. The van der Waals surface area contributed by atoms with Crippen LogP contribution in [0.3, 0.4) is 0 Å². The van der Waals surface area contributed by atoms with Crippen LogP contribution in [0.25, 0.3) is 10.8 Å². The van der Waals surface area contributed by atoms with E-state index in [1.165, 1.54) is 12.1 Å². The van der Waals surface area contributed by atoms with Crippen LogP contribution in [0.2, 0.25) is 0 Å². The molecule has 0 amide bonds. The van der Waals surface area contributed by atoms with E-state index in [0.717, 1.165) is 6.07 Å². The lowest BCUT2D eigenvalue weighted by atomic mass is 10.1. The average molecular weight is 389 g/mol. The minimum atomic E-state index is -4.78. The fraction of sp³-hybridized carbons (Fsp3) is 0. The van der Waals surface area contributed by atoms with Crippen molar-refractivity contribution in [1.29, 1.82) is 0 Å². The van der Waals surface area contributed by atoms with Crippen LogP contribution in [0.15, 0.2) is 63.7 Å². The number of aromatic hydroxyl groups is 2. The number of nitro benzene ring substituents is 1. The Kier molecular flexibility index (Phi) is 4.47. The molecule has 0 aliphatic carbocycles. The van der Waals surface area contributed by atoms with Crippen molar-refractivity contribution in [2.24, 2.45) is 10.2 Å². The topological polar surface area (TPSA) is 163 Å². The van der Waals surface area contributed by atoms with Crippen LogP contribution in [-0.4, -0.2) is 28.1 Å². The predicted molar refractivity (Wildman–Crippen MR) is 94.4 cm³/mol. The third kappa shape index (κ3) is 3.68. The zero-order valence-electron chi connectivity index (χ0n) is 13.3. The minimum absolute atomic E-state index is 0.107. The van der Waals surface area contributed by atoms with Crippen molar-refractivity contribution < 1.29 is 28.1 Å². The highest BCUT2D eigenvalue weighted by Gasteiger charge is 2.24. The summed E-state index contributed by atoms with van der Waals surface area (Å²) >= 11 is 0. The number of phenolic OH excluding ortho intramolecular Hbond substituents is 2. The summed E-state index contributed by atoms with van der Waals surface area (Å²) in [6, 6.07) is 10.9. The van der Waals surface area contributed by atoms with Gasteiger partial charge in [-0.15, -0.1) is 10.2 Å². The van der Waals surface area contributed by atoms with Crippen molar-refractivity contribution in [3.05, 3.63) is 58.6 Å². The Morgan fingerprint density at radius 3 is 2.30 bits per heavy atom. The number of phenols is 2. The number of nitro groups is 1. The highest BCUT2D eigenvalue weighted by atomic mass is 32.2. The van der Waals surface area contributed by atoms with E-state index >= 15 is 0 Å². The van der Waals surface area contributed by atoms with Crippen LogP contribution in [0.5, 0.6) is 11.5 Å². The molecule has 3 rings (SSSR count). The molecule has 138 valence electrons. The maximum absolute atomic E-state index is 11.3. The zero-order valence-corrected chi connectivity index (χ0v) is 14.2. The minimum Gasteiger partial charge on any atom is -0.508 e. The Labute approximate surface area is 151 Å². The van der Waals surface area contributed by atoms with E-state index in [-0.39, 0.29) is 11.4 Å². The van der Waals surface area contributed by atoms with Gasteiger partial charge in [-0.05, 0) is 17.5 Å². The normalized spacial score (nSPS) is 11.9. The second kappa shape index (κ2) is 6.63. The van der Waals surface area contributed by atoms with E-state index in [1.807, 2.05) is 0 Å². The van der Waals surface area contributed by atoms with Crippen molar-refractivity contribution in [1.82, 2.24) is 0 Å². The Hall–Kier alpha value is -3.57. The summed E-state index contributed by atoms with van der Waals surface area (Å²) in [5.74, 6) is -1.02. The van der Waals surface area contributed by atoms with Crippen LogP contribution < -0.4 is 0 Å². The molecule has 3 aromatic rings. The molecular formula is C16H11N3O7S. The van der Waals surface area contributed by atoms with Gasteiger partial charge in [-0.1, -0.05) is 24.3 Å². The summed E-state index contributed by atoms with van der Waals surface area (Å²) in [6.07, 6.45) is 0. The Balaban J connectivity index is 2.18. The van der Waals surface area contributed by atoms with E-state index in [2.05, 4.69) is 10.2 Å². The summed E-state index contributed by atoms with van der Waals surface area (Å²) < 4.78 is 31.8. The third-order valence-electron chi connectivity index (χ3n) is 3.63. The summed E-state index contributed by atoms with van der Waals surface area (Å²) in [5.41, 5.74) is -1.31. The monoisotopic (exact) mass is 389 g/mol. The van der Waals surface area contributed by atoms with Crippen molar-refractivity contribution >= 4 is 38.0 Å². The first-order chi connectivity index (χ1) is 12.7. The van der Waals surface area contributed by atoms with Gasteiger partial charge in [0.2, 0.25) is 5.75 Å². The number of nitrogens with zero attached hydrogens (tertiary/aromatic N) is 3. The van der Waals surface area contributed by atoms with Crippen LogP contribution in [0.4, 0.5) is 17.1 Å². The van der Waals surface area contributed by atoms with Gasteiger partial charge in [0.05, 0.1) is 10.6 Å². The van der Waals surface area contributed by atoms with Crippen molar-refractivity contribution in [3.63, 3.8) is 0 Å². The molecule has 0 aromatic heterocycles. The first kappa shape index (κ1) is 18.2. The number of hydrogen-bond donors (Lipinski definition) is 3. The van der Waals surface area contributed by atoms with Gasteiger partial charge < -0.3 is 10.2 Å². The lowest BCUT2D eigenvalue weighted by Crippen LogP contribution is -1.99. The van der Waals surface area contributed by atoms with Gasteiger partial charge in [-0.25, -0.2) is 0 Å². The number of fused-ring (bicyclic) bond motifs is 1. The highest BCUT2D eigenvalue weighted by molar-refractivity contribution is 7.85. The number of rotatable bonds is 4. The molecule has 0 aliphatic heterocycles. The molecule has 0 saturated carbocycles. The van der Waals surface area contributed by atoms with E-state index in [1.54, 1.807) is 24.3 Å². The van der Waals surface area contributed by atoms with Gasteiger partial charge in [0.25, 0.3) is 10.1 Å². The molecule has 0 aliphatic rings. The largest absolute Gasteiger partial charge is 0.508 e. The number of hydrogen-bond acceptors (Lipinski definition) is 8. The van der Waals surface area contributed by atoms with E-state index in [0.29, 0.717) is 16.8 Å². The summed E-state index contributed by atoms with van der Waals surface area (Å²) in [6.45, 7) is 0. The maximum Gasteiger partial charge on any atom is 0.314 e. The molecule has 10 nitrogen and oxygen atoms in total. The van der Waals surface area contributed by atoms with E-state index < -0.39 is 37.1 Å². The van der Waals surface area contributed by atoms with Crippen LogP contribution in [0.1, 0.15) is 0 Å². The second-order valence-corrected chi connectivity index (χ2v) is 6.85. The first-order valence-electron chi connectivity index (χ1n) is 7.29. The Morgan fingerprint density at radius 1 is 0.963 bits per heavy atom. The van der Waals surface area contributed by atoms with Gasteiger partial charge in [-0.3, -0.25) is 14.7 Å². The smallest absolute Gasteiger partial charge is 0.314 e. The van der Waals surface area contributed by atoms with Crippen molar-refractivity contribution in [2.45, 2.75) is 4.90 Å². The van der Waals surface area contributed by atoms with E-state index in [4.69, 9.17) is 4.55 Å². The lowest BCUT2D eigenvalue weighted by molar-refractivity contribution is -0.386. The molecular weight excluding hydrogens is 378 g/mol. The molecule has 27 heavy (non-hydrogen) atoms. The molecule has 0 fully saturated rings. The fourth-order valence-electron chi connectivity index (χ4n) is 2.41. The van der Waals surface area contributed by atoms with Gasteiger partial charge in [0, 0.05) is 17.5 Å². The molecule has 0 atom stereocenters. The van der Waals surface area contributed by atoms with Gasteiger partial charge >= 0.3 is 5.69 Å². The first-order valence-corrected chi connectivity index (χ1v) is 8.73. The quantitative estimate of drug-likeness (QED) is 0.264. The van der Waals surface area contributed by atoms with Crippen LogP contribution >= 0.6 is 0 Å². The molecule has 0 unspecified atom stereocenters. The molecule has 0 spiro atoms. The van der Waals surface area contributed by atoms with Gasteiger partial charge in [0.1, 0.15) is 16.3 Å². The van der Waals surface area contributed by atoms with Crippen LogP contribution in [0, 0.1) is 10.1 Å². The summed E-state index contributed by atoms with van der Waals surface area (Å²) in [5, 5.41) is 39.5. The second-order valence-electron chi connectivity index (χ2n) is 5.43. The molecule has 3 N–H and O–H groups in total. The lowest BCUT2D eigenvalue weighted by Gasteiger charge is -2.04. The highest BCUT2D eigenvalue weighted by Crippen LogP contribution is 2.40. The predicted octanol–water partition coefficient (Wildman–Crippen LogP) is 3.82. The molecule has 11 heteroatoms. The van der Waals surface area contributed by atoms with Crippen molar-refractivity contribution in [2.75, 3.05) is 0 Å². The molecule has 0 bridgehead atoms. The number of benzene rings is 3. The third-order valence-corrected chi connectivity index (χ3v) is 4.46. The molecule has 0 heterocycles. The van der Waals surface area contributed by atoms with E-state index in [9.17, 15) is 28.7 Å². The summed E-state index contributed by atoms with van der Waals surface area (Å²) in [7, 11) is -4.78. The number of azo groups is 1. The van der Waals surface area contributed by atoms with Gasteiger partial charge in [-0.2, -0.15) is 8.42 Å². The molecule has 0 radical (unpaired) electrons. The zero-order chi connectivity index (χ0) is 19.8. The van der Waals surface area contributed by atoms with Gasteiger partial charge in [0.15, 0.2) is 0 Å². The van der Waals surface area contributed by atoms with Crippen LogP contribution in [-0.2, 0) is 10.1 Å². The standard InChI is InChI=1S/C16H11N3O7S/c20-10-5-9-3-1-2-4-12(9)13(6-10)17-18-14-7-11(27(24,25)26)8-15(16(14)21)19(22)23/h1-8,20-21H,(H,24,25,26). The average Bonchev–Trinajstić information content (AvgIpc) is 2.59. The molecule has 3 aromatic carbocycles. The SMILES string of the molecule is O=[N+]([O-])c1cc(S(=O)(=O)O)cc(N=Nc2cc(O)cc3ccccc23)c1O. The molecule has 0 saturated heterocycles. The fourth-order valence-corrected chi connectivity index (χ4v) is 2.93.